The lowest BCUT2D eigenvalue weighted by Crippen LogP contribution is -2.61. The highest BCUT2D eigenvalue weighted by atomic mass is 16.5. The first-order valence-electron chi connectivity index (χ1n) is 25.8. The number of aliphatic imine (C=N–C) groups is 1. The summed E-state index contributed by atoms with van der Waals surface area (Å²) in [7, 11) is 5.55. The number of piperidine rings is 1. The van der Waals surface area contributed by atoms with Crippen LogP contribution in [0.1, 0.15) is 106 Å². The summed E-state index contributed by atoms with van der Waals surface area (Å²) in [5.41, 5.74) is 8.08. The van der Waals surface area contributed by atoms with Crippen LogP contribution in [0.15, 0.2) is 41.5 Å². The molecule has 4 aliphatic rings. The number of hydrogen-bond donors (Lipinski definition) is 2. The average Bonchev–Trinajstić information content (AvgIpc) is 3.65. The number of allylic oxidation sites excluding steroid dienone is 2. The van der Waals surface area contributed by atoms with Crippen LogP contribution < -0.4 is 15.6 Å². The molecule has 1 aromatic carbocycles. The van der Waals surface area contributed by atoms with E-state index in [0.717, 1.165) is 39.1 Å². The van der Waals surface area contributed by atoms with Crippen molar-refractivity contribution >= 4 is 52.1 Å². The zero-order valence-electron chi connectivity index (χ0n) is 44.7. The SMILES string of the molecule is C=C/C(=C(\N=CC)[C@H](C)OC)c1c2c3cc(ccc3n1CC)N1CCO[C@@H](C[C@H](NC(=O)[C@@H](COC3CCN(C(=O)C#CC(C)(C)N(C)C)CC3)C(C)C)C(=O)N3CCC[C@H](N3)C(=O)OCC(C)(C)C2)C1. The molecule has 5 heterocycles. The molecule has 0 spiro atoms. The molecule has 5 atom stereocenters. The first kappa shape index (κ1) is 55.3. The van der Waals surface area contributed by atoms with Gasteiger partial charge in [0, 0.05) is 86.6 Å². The Bertz CT molecular complexity index is 2370. The zero-order valence-corrected chi connectivity index (χ0v) is 44.7. The monoisotopic (exact) mass is 983 g/mol. The van der Waals surface area contributed by atoms with Crippen molar-refractivity contribution < 1.29 is 38.1 Å². The molecule has 0 radical (unpaired) electrons. The van der Waals surface area contributed by atoms with Gasteiger partial charge in [-0.15, -0.1) is 0 Å². The van der Waals surface area contributed by atoms with Crippen molar-refractivity contribution in [2.45, 2.75) is 143 Å². The molecular weight excluding hydrogens is 901 g/mol. The van der Waals surface area contributed by atoms with Crippen molar-refractivity contribution in [2.75, 3.05) is 78.6 Å². The Hall–Kier alpha value is -5.05. The van der Waals surface area contributed by atoms with Crippen LogP contribution in [0, 0.1) is 29.1 Å². The molecule has 16 heteroatoms. The first-order valence-corrected chi connectivity index (χ1v) is 25.8. The number of rotatable bonds is 13. The number of amides is 3. The molecular formula is C55H82N8O8. The third kappa shape index (κ3) is 13.3. The van der Waals surface area contributed by atoms with E-state index in [0.29, 0.717) is 78.0 Å². The Labute approximate surface area is 422 Å². The second-order valence-corrected chi connectivity index (χ2v) is 21.4. The highest BCUT2D eigenvalue weighted by Gasteiger charge is 2.39. The molecule has 4 aliphatic heterocycles. The molecule has 2 N–H and O–H groups in total. The number of ether oxygens (including phenoxy) is 4. The van der Waals surface area contributed by atoms with Crippen molar-refractivity contribution in [3.05, 3.63) is 47.8 Å². The van der Waals surface area contributed by atoms with Crippen LogP contribution in [0.5, 0.6) is 0 Å². The first-order chi connectivity index (χ1) is 33.7. The number of nitrogens with one attached hydrogen (secondary N) is 2. The van der Waals surface area contributed by atoms with Gasteiger partial charge in [-0.2, -0.15) is 0 Å². The molecule has 390 valence electrons. The third-order valence-electron chi connectivity index (χ3n) is 14.8. The summed E-state index contributed by atoms with van der Waals surface area (Å²) in [6.07, 6.45) is 5.92. The summed E-state index contributed by atoms with van der Waals surface area (Å²) in [5.74, 6) is 4.01. The number of fused-ring (bicyclic) bond motifs is 6. The van der Waals surface area contributed by atoms with Crippen LogP contribution in [0.2, 0.25) is 0 Å². The maximum Gasteiger partial charge on any atom is 0.324 e. The lowest BCUT2D eigenvalue weighted by atomic mass is 9.84. The number of cyclic esters (lactones) is 1. The quantitative estimate of drug-likeness (QED) is 0.105. The minimum atomic E-state index is -0.963. The van der Waals surface area contributed by atoms with E-state index in [1.165, 1.54) is 5.01 Å². The molecule has 1 aromatic heterocycles. The van der Waals surface area contributed by atoms with Crippen molar-refractivity contribution in [1.82, 2.24) is 30.1 Å². The molecule has 0 aliphatic carbocycles. The maximum atomic E-state index is 14.7. The number of likely N-dealkylation sites (tertiary alicyclic amines) is 1. The van der Waals surface area contributed by atoms with E-state index in [4.69, 9.17) is 23.9 Å². The van der Waals surface area contributed by atoms with Gasteiger partial charge in [0.15, 0.2) is 0 Å². The summed E-state index contributed by atoms with van der Waals surface area (Å²) in [6, 6.07) is 4.85. The van der Waals surface area contributed by atoms with Crippen LogP contribution in [0.25, 0.3) is 16.5 Å². The molecule has 3 fully saturated rings. The van der Waals surface area contributed by atoms with E-state index < -0.39 is 41.0 Å². The fourth-order valence-electron chi connectivity index (χ4n) is 9.88. The second-order valence-electron chi connectivity index (χ2n) is 21.4. The number of morpholine rings is 1. The maximum absolute atomic E-state index is 14.7. The van der Waals surface area contributed by atoms with Crippen LogP contribution in [0.3, 0.4) is 0 Å². The molecule has 6 bridgehead atoms. The van der Waals surface area contributed by atoms with Crippen LogP contribution >= 0.6 is 0 Å². The molecule has 3 saturated heterocycles. The minimum absolute atomic E-state index is 0.102. The normalized spacial score (nSPS) is 23.0. The number of aryl methyl sites for hydroxylation is 1. The van der Waals surface area contributed by atoms with E-state index in [1.807, 2.05) is 66.6 Å². The smallest absolute Gasteiger partial charge is 0.324 e. The van der Waals surface area contributed by atoms with Gasteiger partial charge in [-0.05, 0) is 116 Å². The fourth-order valence-corrected chi connectivity index (χ4v) is 9.88. The minimum Gasteiger partial charge on any atom is -0.464 e. The summed E-state index contributed by atoms with van der Waals surface area (Å²) in [5, 5.41) is 5.71. The number of carbonyl (C=O) groups is 4. The lowest BCUT2D eigenvalue weighted by molar-refractivity contribution is -0.156. The molecule has 3 amide bonds. The number of nitrogens with zero attached hydrogens (tertiary/aromatic N) is 6. The molecule has 0 saturated carbocycles. The number of esters is 1. The zero-order chi connectivity index (χ0) is 51.8. The summed E-state index contributed by atoms with van der Waals surface area (Å²) in [4.78, 5) is 67.0. The Balaban J connectivity index is 1.29. The second kappa shape index (κ2) is 24.1. The Morgan fingerprint density at radius 2 is 1.85 bits per heavy atom. The van der Waals surface area contributed by atoms with Gasteiger partial charge in [-0.3, -0.25) is 34.1 Å². The standard InChI is InChI=1S/C55H82N8O8/c1-14-41(49(56-15-2)37(6)68-13)50-43-32-54(7,8)35-71-53(67)45-18-17-25-63(58-45)52(66)46(31-40-33-61(28-29-69-40)38-19-20-47(42(43)30-38)62(50)16-3)57-51(65)44(36(4)5)34-70-39-22-26-60(27-23-39)48(64)21-24-55(9,10)59(11)12/h14-15,19-20,30,36-37,39-40,44-46,58H,1,16-18,22-23,25-29,31-35H2,2-13H3,(H,57,65)/b49-41+,56-15?/t37-,40-,44-,45-,46-/m0/s1. The van der Waals surface area contributed by atoms with E-state index in [1.54, 1.807) is 18.2 Å². The van der Waals surface area contributed by atoms with Gasteiger partial charge < -0.3 is 38.6 Å². The van der Waals surface area contributed by atoms with Crippen molar-refractivity contribution in [1.29, 1.82) is 0 Å². The third-order valence-corrected chi connectivity index (χ3v) is 14.8. The van der Waals surface area contributed by atoms with Gasteiger partial charge in [0.1, 0.15) is 12.1 Å². The molecule has 71 heavy (non-hydrogen) atoms. The number of hydrogen-bond acceptors (Lipinski definition) is 12. The van der Waals surface area contributed by atoms with Gasteiger partial charge in [0.05, 0.1) is 61.0 Å². The molecule has 0 unspecified atom stereocenters. The largest absolute Gasteiger partial charge is 0.464 e. The molecule has 2 aromatic rings. The van der Waals surface area contributed by atoms with E-state index in [2.05, 4.69) is 77.6 Å². The van der Waals surface area contributed by atoms with Gasteiger partial charge in [-0.1, -0.05) is 46.3 Å². The number of aromatic nitrogens is 1. The van der Waals surface area contributed by atoms with Gasteiger partial charge in [0.2, 0.25) is 5.91 Å². The van der Waals surface area contributed by atoms with Crippen molar-refractivity contribution in [3.63, 3.8) is 0 Å². The van der Waals surface area contributed by atoms with E-state index in [-0.39, 0.29) is 55.5 Å². The molecule has 6 rings (SSSR count). The number of carbonyl (C=O) groups excluding carboxylic acids is 4. The highest BCUT2D eigenvalue weighted by Crippen LogP contribution is 2.40. The summed E-state index contributed by atoms with van der Waals surface area (Å²) in [6.45, 7) is 26.4. The Morgan fingerprint density at radius 3 is 2.49 bits per heavy atom. The summed E-state index contributed by atoms with van der Waals surface area (Å²) < 4.78 is 27.2. The van der Waals surface area contributed by atoms with Crippen molar-refractivity contribution in [2.24, 2.45) is 22.2 Å². The average molecular weight is 983 g/mol. The van der Waals surface area contributed by atoms with Gasteiger partial charge in [0.25, 0.3) is 11.8 Å². The van der Waals surface area contributed by atoms with Crippen molar-refractivity contribution in [3.8, 4) is 11.8 Å². The topological polar surface area (TPSA) is 160 Å². The van der Waals surface area contributed by atoms with Crippen LogP contribution in [-0.2, 0) is 51.1 Å². The number of anilines is 1. The fraction of sp³-hybridized carbons (Fsp3) is 0.655. The Kier molecular flexibility index (Phi) is 18.8. The predicted molar refractivity (Wildman–Crippen MR) is 280 cm³/mol. The Morgan fingerprint density at radius 1 is 1.11 bits per heavy atom. The number of methoxy groups -OCH3 is 1. The lowest BCUT2D eigenvalue weighted by Gasteiger charge is -2.39. The van der Waals surface area contributed by atoms with E-state index in [9.17, 15) is 19.2 Å². The van der Waals surface area contributed by atoms with Gasteiger partial charge >= 0.3 is 5.97 Å². The predicted octanol–water partition coefficient (Wildman–Crippen LogP) is 6.01. The van der Waals surface area contributed by atoms with Gasteiger partial charge in [-0.25, -0.2) is 5.43 Å². The number of hydrazine groups is 1. The number of benzene rings is 1. The summed E-state index contributed by atoms with van der Waals surface area (Å²) >= 11 is 0. The van der Waals surface area contributed by atoms with Crippen LogP contribution in [-0.4, -0.2) is 159 Å². The van der Waals surface area contributed by atoms with Crippen LogP contribution in [0.4, 0.5) is 5.69 Å². The molecule has 16 nitrogen and oxygen atoms in total. The van der Waals surface area contributed by atoms with E-state index >= 15 is 0 Å². The highest BCUT2D eigenvalue weighted by molar-refractivity contribution is 5.95.